The highest BCUT2D eigenvalue weighted by atomic mass is 127. The maximum absolute atomic E-state index is 12.6. The average Bonchev–Trinajstić information content (AvgIpc) is 2.46. The number of amides is 1. The molecular formula is C19H20INO2. The Morgan fingerprint density at radius 3 is 2.61 bits per heavy atom. The molecule has 0 unspecified atom stereocenters. The number of carbonyl (C=O) groups is 1. The molecule has 0 radical (unpaired) electrons. The van der Waals surface area contributed by atoms with Crippen molar-refractivity contribution >= 4 is 28.5 Å². The molecule has 2 aromatic rings. The van der Waals surface area contributed by atoms with Crippen LogP contribution in [0.1, 0.15) is 47.8 Å². The van der Waals surface area contributed by atoms with Gasteiger partial charge in [0, 0.05) is 21.1 Å². The summed E-state index contributed by atoms with van der Waals surface area (Å²) < 4.78 is 7.20. The van der Waals surface area contributed by atoms with Crippen molar-refractivity contribution in [2.45, 2.75) is 38.8 Å². The third-order valence-corrected chi connectivity index (χ3v) is 4.76. The van der Waals surface area contributed by atoms with Crippen LogP contribution in [0.2, 0.25) is 0 Å². The number of rotatable bonds is 2. The first-order valence-corrected chi connectivity index (χ1v) is 8.78. The van der Waals surface area contributed by atoms with Crippen LogP contribution in [0, 0.1) is 10.5 Å². The van der Waals surface area contributed by atoms with Gasteiger partial charge in [0.1, 0.15) is 11.4 Å². The second-order valence-corrected chi connectivity index (χ2v) is 7.89. The first-order chi connectivity index (χ1) is 10.8. The summed E-state index contributed by atoms with van der Waals surface area (Å²) in [4.78, 5) is 12.6. The SMILES string of the molecule is Cc1ccc2c(c1)OC(C)(C)C[C@@H]2NC(=O)c1ccc(I)cc1. The lowest BCUT2D eigenvalue weighted by Crippen LogP contribution is -2.41. The molecule has 0 saturated carbocycles. The van der Waals surface area contributed by atoms with Gasteiger partial charge in [-0.3, -0.25) is 4.79 Å². The number of benzene rings is 2. The van der Waals surface area contributed by atoms with Gasteiger partial charge in [-0.25, -0.2) is 0 Å². The molecule has 1 amide bonds. The maximum atomic E-state index is 12.6. The molecule has 1 aliphatic rings. The molecule has 1 heterocycles. The molecule has 1 N–H and O–H groups in total. The Bertz CT molecular complexity index is 738. The van der Waals surface area contributed by atoms with Crippen molar-refractivity contribution in [3.05, 3.63) is 62.7 Å². The predicted octanol–water partition coefficient (Wildman–Crippen LogP) is 4.63. The van der Waals surface area contributed by atoms with Gasteiger partial charge >= 0.3 is 0 Å². The Labute approximate surface area is 150 Å². The minimum absolute atomic E-state index is 0.0406. The van der Waals surface area contributed by atoms with Gasteiger partial charge < -0.3 is 10.1 Å². The zero-order valence-electron chi connectivity index (χ0n) is 13.5. The fourth-order valence-electron chi connectivity index (χ4n) is 2.93. The van der Waals surface area contributed by atoms with Crippen LogP contribution in [0.3, 0.4) is 0 Å². The second kappa shape index (κ2) is 6.15. The lowest BCUT2D eigenvalue weighted by atomic mass is 9.89. The summed E-state index contributed by atoms with van der Waals surface area (Å²) in [7, 11) is 0. The molecule has 120 valence electrons. The minimum Gasteiger partial charge on any atom is -0.487 e. The van der Waals surface area contributed by atoms with Gasteiger partial charge in [-0.15, -0.1) is 0 Å². The first-order valence-electron chi connectivity index (χ1n) is 7.70. The molecule has 3 rings (SSSR count). The van der Waals surface area contributed by atoms with Crippen LogP contribution in [0.25, 0.3) is 0 Å². The van der Waals surface area contributed by atoms with Crippen molar-refractivity contribution in [2.75, 3.05) is 0 Å². The third-order valence-electron chi connectivity index (χ3n) is 4.04. The van der Waals surface area contributed by atoms with Crippen molar-refractivity contribution in [3.8, 4) is 5.75 Å². The summed E-state index contributed by atoms with van der Waals surface area (Å²) in [6, 6.07) is 13.7. The second-order valence-electron chi connectivity index (χ2n) is 6.64. The van der Waals surface area contributed by atoms with E-state index in [1.807, 2.05) is 37.3 Å². The van der Waals surface area contributed by atoms with Crippen molar-refractivity contribution in [3.63, 3.8) is 0 Å². The molecule has 1 aliphatic heterocycles. The van der Waals surface area contributed by atoms with Crippen molar-refractivity contribution in [2.24, 2.45) is 0 Å². The van der Waals surface area contributed by atoms with E-state index in [0.717, 1.165) is 26.9 Å². The summed E-state index contributed by atoms with van der Waals surface area (Å²) >= 11 is 2.23. The van der Waals surface area contributed by atoms with Crippen LogP contribution in [-0.4, -0.2) is 11.5 Å². The number of carbonyl (C=O) groups excluding carboxylic acids is 1. The lowest BCUT2D eigenvalue weighted by Gasteiger charge is -2.38. The molecule has 2 aromatic carbocycles. The van der Waals surface area contributed by atoms with Crippen LogP contribution >= 0.6 is 22.6 Å². The number of hydrogen-bond acceptors (Lipinski definition) is 2. The highest BCUT2D eigenvalue weighted by Crippen LogP contribution is 2.40. The number of halogens is 1. The molecule has 0 spiro atoms. The third kappa shape index (κ3) is 3.68. The van der Waals surface area contributed by atoms with Crippen LogP contribution in [0.15, 0.2) is 42.5 Å². The largest absolute Gasteiger partial charge is 0.487 e. The summed E-state index contributed by atoms with van der Waals surface area (Å²) in [5, 5.41) is 3.16. The Balaban J connectivity index is 1.87. The van der Waals surface area contributed by atoms with Gasteiger partial charge in [-0.2, -0.15) is 0 Å². The molecule has 0 fully saturated rings. The van der Waals surface area contributed by atoms with E-state index in [-0.39, 0.29) is 17.6 Å². The zero-order valence-corrected chi connectivity index (χ0v) is 15.7. The Morgan fingerprint density at radius 2 is 1.91 bits per heavy atom. The minimum atomic E-state index is -0.301. The number of fused-ring (bicyclic) bond motifs is 1. The average molecular weight is 421 g/mol. The lowest BCUT2D eigenvalue weighted by molar-refractivity contribution is 0.0619. The first kappa shape index (κ1) is 16.3. The van der Waals surface area contributed by atoms with E-state index < -0.39 is 0 Å². The molecular weight excluding hydrogens is 401 g/mol. The van der Waals surface area contributed by atoms with Crippen LogP contribution in [0.4, 0.5) is 0 Å². The number of ether oxygens (including phenoxy) is 1. The van der Waals surface area contributed by atoms with E-state index in [4.69, 9.17) is 4.74 Å². The highest BCUT2D eigenvalue weighted by Gasteiger charge is 2.34. The Kier molecular flexibility index (Phi) is 4.36. The summed E-state index contributed by atoms with van der Waals surface area (Å²) in [6.07, 6.45) is 0.749. The molecule has 0 aromatic heterocycles. The van der Waals surface area contributed by atoms with Crippen molar-refractivity contribution in [1.82, 2.24) is 5.32 Å². The van der Waals surface area contributed by atoms with Gasteiger partial charge in [0.15, 0.2) is 0 Å². The fraction of sp³-hybridized carbons (Fsp3) is 0.316. The molecule has 3 nitrogen and oxygen atoms in total. The van der Waals surface area contributed by atoms with Crippen molar-refractivity contribution < 1.29 is 9.53 Å². The smallest absolute Gasteiger partial charge is 0.251 e. The van der Waals surface area contributed by atoms with Crippen molar-refractivity contribution in [1.29, 1.82) is 0 Å². The van der Waals surface area contributed by atoms with E-state index in [1.54, 1.807) is 0 Å². The molecule has 1 atom stereocenters. The monoisotopic (exact) mass is 421 g/mol. The predicted molar refractivity (Wildman–Crippen MR) is 99.9 cm³/mol. The van der Waals surface area contributed by atoms with Crippen LogP contribution in [-0.2, 0) is 0 Å². The van der Waals surface area contributed by atoms with E-state index >= 15 is 0 Å². The number of hydrogen-bond donors (Lipinski definition) is 1. The van der Waals surface area contributed by atoms with Gasteiger partial charge in [-0.1, -0.05) is 12.1 Å². The standard InChI is InChI=1S/C19H20INO2/c1-12-4-9-15-16(11-19(2,3)23-17(15)10-12)21-18(22)13-5-7-14(20)8-6-13/h4-10,16H,11H2,1-3H3,(H,21,22)/t16-/m0/s1. The normalized spacial score (nSPS) is 18.7. The topological polar surface area (TPSA) is 38.3 Å². The van der Waals surface area contributed by atoms with Gasteiger partial charge in [0.25, 0.3) is 5.91 Å². The van der Waals surface area contributed by atoms with E-state index in [9.17, 15) is 4.79 Å². The number of nitrogens with one attached hydrogen (secondary N) is 1. The number of aryl methyl sites for hydroxylation is 1. The van der Waals surface area contributed by atoms with Crippen LogP contribution < -0.4 is 10.1 Å². The summed E-state index contributed by atoms with van der Waals surface area (Å²) in [5.74, 6) is 0.824. The van der Waals surface area contributed by atoms with E-state index in [1.165, 1.54) is 0 Å². The van der Waals surface area contributed by atoms with E-state index in [2.05, 4.69) is 53.9 Å². The van der Waals surface area contributed by atoms with Gasteiger partial charge in [0.05, 0.1) is 6.04 Å². The Morgan fingerprint density at radius 1 is 1.22 bits per heavy atom. The highest BCUT2D eigenvalue weighted by molar-refractivity contribution is 14.1. The van der Waals surface area contributed by atoms with Crippen LogP contribution in [0.5, 0.6) is 5.75 Å². The quantitative estimate of drug-likeness (QED) is 0.719. The molecule has 0 saturated heterocycles. The zero-order chi connectivity index (χ0) is 16.6. The summed E-state index contributed by atoms with van der Waals surface area (Å²) in [6.45, 7) is 6.16. The molecule has 4 heteroatoms. The molecule has 23 heavy (non-hydrogen) atoms. The van der Waals surface area contributed by atoms with Gasteiger partial charge in [0.2, 0.25) is 0 Å². The summed E-state index contributed by atoms with van der Waals surface area (Å²) in [5.41, 5.74) is 2.59. The van der Waals surface area contributed by atoms with Gasteiger partial charge in [-0.05, 0) is 79.3 Å². The molecule has 0 aliphatic carbocycles. The fourth-order valence-corrected chi connectivity index (χ4v) is 3.29. The Hall–Kier alpha value is -1.56. The van der Waals surface area contributed by atoms with E-state index in [0.29, 0.717) is 5.56 Å². The molecule has 0 bridgehead atoms. The maximum Gasteiger partial charge on any atom is 0.251 e.